The second-order valence-corrected chi connectivity index (χ2v) is 6.75. The van der Waals surface area contributed by atoms with Crippen molar-refractivity contribution in [3.8, 4) is 0 Å². The van der Waals surface area contributed by atoms with Gasteiger partial charge in [0.25, 0.3) is 0 Å². The first kappa shape index (κ1) is 16.4. The number of carbonyl (C=O) groups is 1. The number of rotatable bonds is 3. The standard InChI is InChI=1S/C18H26FN3O/c1-14-12-22(11-9-20-14)18(23)17-4-2-3-10-21(17)13-15-5-7-16(19)8-6-15/h5-8,14,17,20H,2-4,9-13H2,1H3. The molecule has 5 heteroatoms. The van der Waals surface area contributed by atoms with Crippen molar-refractivity contribution in [3.05, 3.63) is 35.6 Å². The smallest absolute Gasteiger partial charge is 0.240 e. The average Bonchev–Trinajstić information content (AvgIpc) is 2.57. The highest BCUT2D eigenvalue weighted by atomic mass is 19.1. The molecule has 4 nitrogen and oxygen atoms in total. The highest BCUT2D eigenvalue weighted by molar-refractivity contribution is 5.82. The lowest BCUT2D eigenvalue weighted by Crippen LogP contribution is -2.57. The first-order valence-electron chi connectivity index (χ1n) is 8.64. The third kappa shape index (κ3) is 4.09. The summed E-state index contributed by atoms with van der Waals surface area (Å²) >= 11 is 0. The third-order valence-electron chi connectivity index (χ3n) is 4.88. The Balaban J connectivity index is 1.68. The van der Waals surface area contributed by atoms with Crippen LogP contribution in [0.1, 0.15) is 31.7 Å². The van der Waals surface area contributed by atoms with Crippen molar-refractivity contribution in [1.82, 2.24) is 15.1 Å². The van der Waals surface area contributed by atoms with Crippen LogP contribution in [0.3, 0.4) is 0 Å². The van der Waals surface area contributed by atoms with Gasteiger partial charge in [-0.2, -0.15) is 0 Å². The lowest BCUT2D eigenvalue weighted by atomic mass is 9.99. The molecule has 2 fully saturated rings. The van der Waals surface area contributed by atoms with Crippen molar-refractivity contribution in [2.75, 3.05) is 26.2 Å². The molecule has 1 aromatic rings. The number of likely N-dealkylation sites (tertiary alicyclic amines) is 1. The average molecular weight is 319 g/mol. The van der Waals surface area contributed by atoms with E-state index in [9.17, 15) is 9.18 Å². The second kappa shape index (κ2) is 7.41. The van der Waals surface area contributed by atoms with Crippen LogP contribution in [-0.2, 0) is 11.3 Å². The molecular weight excluding hydrogens is 293 g/mol. The van der Waals surface area contributed by atoms with Gasteiger partial charge in [-0.25, -0.2) is 4.39 Å². The molecule has 2 atom stereocenters. The Kier molecular flexibility index (Phi) is 5.28. The van der Waals surface area contributed by atoms with Crippen LogP contribution in [0.4, 0.5) is 4.39 Å². The number of piperidine rings is 1. The molecule has 1 aromatic carbocycles. The van der Waals surface area contributed by atoms with Gasteiger partial charge >= 0.3 is 0 Å². The number of nitrogens with one attached hydrogen (secondary N) is 1. The Hall–Kier alpha value is -1.46. The van der Waals surface area contributed by atoms with Gasteiger partial charge in [0.05, 0.1) is 6.04 Å². The molecule has 2 aliphatic rings. The Morgan fingerprint density at radius 3 is 2.78 bits per heavy atom. The molecule has 0 saturated carbocycles. The molecular formula is C18H26FN3O. The maximum atomic E-state index is 13.1. The van der Waals surface area contributed by atoms with E-state index >= 15 is 0 Å². The summed E-state index contributed by atoms with van der Waals surface area (Å²) in [6.07, 6.45) is 3.17. The number of benzene rings is 1. The number of piperazine rings is 1. The van der Waals surface area contributed by atoms with Gasteiger partial charge in [0.15, 0.2) is 0 Å². The predicted octanol–water partition coefficient (Wildman–Crippen LogP) is 2.00. The number of halogens is 1. The van der Waals surface area contributed by atoms with Gasteiger partial charge in [0.2, 0.25) is 5.91 Å². The summed E-state index contributed by atoms with van der Waals surface area (Å²) in [4.78, 5) is 17.2. The SMILES string of the molecule is CC1CN(C(=O)C2CCCCN2Cc2ccc(F)cc2)CCN1. The number of carbonyl (C=O) groups excluding carboxylic acids is 1. The van der Waals surface area contributed by atoms with Crippen molar-refractivity contribution < 1.29 is 9.18 Å². The van der Waals surface area contributed by atoms with E-state index < -0.39 is 0 Å². The van der Waals surface area contributed by atoms with Crippen LogP contribution in [0, 0.1) is 5.82 Å². The molecule has 126 valence electrons. The van der Waals surface area contributed by atoms with Crippen molar-refractivity contribution in [3.63, 3.8) is 0 Å². The molecule has 23 heavy (non-hydrogen) atoms. The molecule has 2 saturated heterocycles. The molecule has 1 amide bonds. The van der Waals surface area contributed by atoms with Gasteiger partial charge in [-0.3, -0.25) is 9.69 Å². The summed E-state index contributed by atoms with van der Waals surface area (Å²) in [5.74, 6) is 0.0509. The minimum atomic E-state index is -0.213. The van der Waals surface area contributed by atoms with Crippen LogP contribution in [0.5, 0.6) is 0 Å². The summed E-state index contributed by atoms with van der Waals surface area (Å²) in [5.41, 5.74) is 1.07. The lowest BCUT2D eigenvalue weighted by molar-refractivity contribution is -0.139. The van der Waals surface area contributed by atoms with E-state index in [2.05, 4.69) is 17.1 Å². The van der Waals surface area contributed by atoms with Crippen LogP contribution >= 0.6 is 0 Å². The summed E-state index contributed by atoms with van der Waals surface area (Å²) in [6.45, 7) is 6.24. The first-order valence-corrected chi connectivity index (χ1v) is 8.64. The quantitative estimate of drug-likeness (QED) is 0.926. The van der Waals surface area contributed by atoms with Crippen LogP contribution in [0.25, 0.3) is 0 Å². The van der Waals surface area contributed by atoms with Gasteiger partial charge in [0, 0.05) is 32.2 Å². The summed E-state index contributed by atoms with van der Waals surface area (Å²) in [7, 11) is 0. The number of hydrogen-bond donors (Lipinski definition) is 1. The molecule has 2 heterocycles. The Morgan fingerprint density at radius 1 is 1.26 bits per heavy atom. The minimum Gasteiger partial charge on any atom is -0.339 e. The Bertz CT molecular complexity index is 534. The Morgan fingerprint density at radius 2 is 2.04 bits per heavy atom. The van der Waals surface area contributed by atoms with E-state index in [1.807, 2.05) is 17.0 Å². The summed E-state index contributed by atoms with van der Waals surface area (Å²) in [6, 6.07) is 6.96. The fourth-order valence-electron chi connectivity index (χ4n) is 3.63. The predicted molar refractivity (Wildman–Crippen MR) is 88.5 cm³/mol. The highest BCUT2D eigenvalue weighted by Gasteiger charge is 2.33. The van der Waals surface area contributed by atoms with E-state index in [4.69, 9.17) is 0 Å². The van der Waals surface area contributed by atoms with Crippen molar-refractivity contribution in [2.45, 2.75) is 44.8 Å². The van der Waals surface area contributed by atoms with Gasteiger partial charge in [-0.15, -0.1) is 0 Å². The molecule has 0 aliphatic carbocycles. The van der Waals surface area contributed by atoms with Gasteiger partial charge in [0.1, 0.15) is 5.82 Å². The Labute approximate surface area is 137 Å². The zero-order valence-corrected chi connectivity index (χ0v) is 13.8. The topological polar surface area (TPSA) is 35.6 Å². The molecule has 0 radical (unpaired) electrons. The maximum Gasteiger partial charge on any atom is 0.240 e. The molecule has 2 unspecified atom stereocenters. The number of nitrogens with zero attached hydrogens (tertiary/aromatic N) is 2. The molecule has 0 aromatic heterocycles. The van der Waals surface area contributed by atoms with Crippen LogP contribution < -0.4 is 5.32 Å². The van der Waals surface area contributed by atoms with E-state index in [0.717, 1.165) is 57.5 Å². The number of amides is 1. The fourth-order valence-corrected chi connectivity index (χ4v) is 3.63. The van der Waals surface area contributed by atoms with Crippen LogP contribution in [0.15, 0.2) is 24.3 Å². The van der Waals surface area contributed by atoms with Crippen LogP contribution in [0.2, 0.25) is 0 Å². The minimum absolute atomic E-state index is 0.0286. The largest absolute Gasteiger partial charge is 0.339 e. The van der Waals surface area contributed by atoms with Crippen molar-refractivity contribution in [1.29, 1.82) is 0 Å². The molecule has 2 aliphatic heterocycles. The fraction of sp³-hybridized carbons (Fsp3) is 0.611. The zero-order chi connectivity index (χ0) is 16.2. The molecule has 0 spiro atoms. The second-order valence-electron chi connectivity index (χ2n) is 6.75. The first-order chi connectivity index (χ1) is 11.1. The monoisotopic (exact) mass is 319 g/mol. The third-order valence-corrected chi connectivity index (χ3v) is 4.88. The van der Waals surface area contributed by atoms with E-state index in [1.165, 1.54) is 12.1 Å². The number of hydrogen-bond acceptors (Lipinski definition) is 3. The normalized spacial score (nSPS) is 26.3. The van der Waals surface area contributed by atoms with E-state index in [1.54, 1.807) is 0 Å². The van der Waals surface area contributed by atoms with Gasteiger partial charge < -0.3 is 10.2 Å². The molecule has 3 rings (SSSR count). The van der Waals surface area contributed by atoms with E-state index in [-0.39, 0.29) is 17.8 Å². The van der Waals surface area contributed by atoms with Crippen LogP contribution in [-0.4, -0.2) is 54.0 Å². The zero-order valence-electron chi connectivity index (χ0n) is 13.8. The van der Waals surface area contributed by atoms with Gasteiger partial charge in [-0.05, 0) is 44.0 Å². The van der Waals surface area contributed by atoms with Crippen molar-refractivity contribution in [2.24, 2.45) is 0 Å². The molecule has 1 N–H and O–H groups in total. The van der Waals surface area contributed by atoms with Crippen molar-refractivity contribution >= 4 is 5.91 Å². The molecule has 0 bridgehead atoms. The van der Waals surface area contributed by atoms with Gasteiger partial charge in [-0.1, -0.05) is 18.6 Å². The maximum absolute atomic E-state index is 13.1. The van der Waals surface area contributed by atoms with E-state index in [0.29, 0.717) is 6.04 Å². The summed E-state index contributed by atoms with van der Waals surface area (Å²) in [5, 5.41) is 3.38. The lowest BCUT2D eigenvalue weighted by Gasteiger charge is -2.40. The summed E-state index contributed by atoms with van der Waals surface area (Å²) < 4.78 is 13.1. The highest BCUT2D eigenvalue weighted by Crippen LogP contribution is 2.22.